The van der Waals surface area contributed by atoms with Gasteiger partial charge < -0.3 is 15.5 Å². The fraction of sp³-hybridized carbons (Fsp3) is 0.304. The Balaban J connectivity index is 0.00000176. The summed E-state index contributed by atoms with van der Waals surface area (Å²) >= 11 is 0. The molecule has 0 radical (unpaired) electrons. The van der Waals surface area contributed by atoms with E-state index in [1.54, 1.807) is 44.3 Å². The van der Waals surface area contributed by atoms with E-state index >= 15 is 0 Å². The van der Waals surface area contributed by atoms with Crippen LogP contribution in [-0.2, 0) is 4.79 Å². The maximum atomic E-state index is 13.1. The van der Waals surface area contributed by atoms with Gasteiger partial charge in [-0.1, -0.05) is 32.6 Å². The van der Waals surface area contributed by atoms with Crippen LogP contribution in [0.1, 0.15) is 20.8 Å². The second kappa shape index (κ2) is 10.5. The van der Waals surface area contributed by atoms with Crippen LogP contribution in [0.2, 0.25) is 0 Å². The van der Waals surface area contributed by atoms with Crippen LogP contribution in [-0.4, -0.2) is 57.6 Å². The van der Waals surface area contributed by atoms with Crippen LogP contribution < -0.4 is 16.3 Å². The van der Waals surface area contributed by atoms with Crippen LogP contribution in [0.5, 0.6) is 0 Å². The number of nitrogen functional groups attached to an aromatic ring is 1. The number of amides is 1. The van der Waals surface area contributed by atoms with Gasteiger partial charge in [-0.2, -0.15) is 0 Å². The van der Waals surface area contributed by atoms with Crippen LogP contribution >= 0.6 is 0 Å². The minimum Gasteiger partial charge on any atom is -0.382 e. The highest BCUT2D eigenvalue weighted by Gasteiger charge is 2.20. The molecule has 0 fully saturated rings. The number of rotatable bonds is 6. The predicted molar refractivity (Wildman–Crippen MR) is 131 cm³/mol. The van der Waals surface area contributed by atoms with Gasteiger partial charge in [-0.05, 0) is 39.2 Å². The van der Waals surface area contributed by atoms with Crippen molar-refractivity contribution in [2.24, 2.45) is 0 Å². The van der Waals surface area contributed by atoms with E-state index in [0.29, 0.717) is 34.8 Å². The van der Waals surface area contributed by atoms with Crippen LogP contribution in [0.15, 0.2) is 54.1 Å². The zero-order valence-electron chi connectivity index (χ0n) is 19.5. The number of imidazole rings is 1. The average Bonchev–Trinajstić information content (AvgIpc) is 3.07. The first kappa shape index (κ1) is 24.5. The molecule has 1 aromatic carbocycles. The molecule has 0 unspecified atom stereocenters. The molecule has 1 amide bonds. The molecule has 0 aliphatic heterocycles. The number of anilines is 2. The Labute approximate surface area is 188 Å². The number of benzene rings is 1. The number of hydrogen-bond donors (Lipinski definition) is 1. The van der Waals surface area contributed by atoms with Gasteiger partial charge in [0.1, 0.15) is 11.8 Å². The third-order valence-corrected chi connectivity index (χ3v) is 4.57. The molecule has 0 bridgehead atoms. The number of carbonyl (C=O) groups is 1. The summed E-state index contributed by atoms with van der Waals surface area (Å²) in [7, 11) is 5.54. The van der Waals surface area contributed by atoms with E-state index in [9.17, 15) is 9.59 Å². The zero-order valence-corrected chi connectivity index (χ0v) is 19.5. The second-order valence-electron chi connectivity index (χ2n) is 7.20. The van der Waals surface area contributed by atoms with Crippen molar-refractivity contribution >= 4 is 34.3 Å². The Morgan fingerprint density at radius 2 is 1.91 bits per heavy atom. The number of aromatic nitrogens is 4. The van der Waals surface area contributed by atoms with Gasteiger partial charge in [0.15, 0.2) is 11.5 Å². The van der Waals surface area contributed by atoms with E-state index in [1.807, 2.05) is 32.8 Å². The molecule has 2 aromatic heterocycles. The number of carbonyl (C=O) groups excluding carboxylic acids is 1. The highest BCUT2D eigenvalue weighted by Crippen LogP contribution is 2.24. The first-order valence-corrected chi connectivity index (χ1v) is 10.3. The molecule has 3 aromatic rings. The fourth-order valence-electron chi connectivity index (χ4n) is 3.08. The van der Waals surface area contributed by atoms with Crippen molar-refractivity contribution in [1.82, 2.24) is 24.0 Å². The summed E-state index contributed by atoms with van der Waals surface area (Å²) in [6, 6.07) is 7.09. The van der Waals surface area contributed by atoms with Crippen molar-refractivity contribution in [3.05, 3.63) is 59.8 Å². The molecule has 9 heteroatoms. The molecule has 2 N–H and O–H groups in total. The number of fused-ring (bicyclic) bond motifs is 1. The van der Waals surface area contributed by atoms with Gasteiger partial charge in [0.2, 0.25) is 5.91 Å². The molecular weight excluding hydrogens is 406 g/mol. The fourth-order valence-corrected chi connectivity index (χ4v) is 3.08. The van der Waals surface area contributed by atoms with E-state index in [0.717, 1.165) is 0 Å². The van der Waals surface area contributed by atoms with Crippen LogP contribution in [0.3, 0.4) is 0 Å². The minimum atomic E-state index is -0.360. The summed E-state index contributed by atoms with van der Waals surface area (Å²) in [5.74, 6) is 0.0191. The lowest BCUT2D eigenvalue weighted by Crippen LogP contribution is -2.25. The maximum Gasteiger partial charge on any atom is 0.339 e. The van der Waals surface area contributed by atoms with Gasteiger partial charge in [-0.25, -0.2) is 19.3 Å². The van der Waals surface area contributed by atoms with Gasteiger partial charge in [0.05, 0.1) is 5.69 Å². The number of likely N-dealkylation sites (N-methyl/N-ethyl adjacent to an activating group) is 2. The Hall–Kier alpha value is -3.72. The van der Waals surface area contributed by atoms with Crippen LogP contribution in [0, 0.1) is 0 Å². The molecule has 0 aliphatic carbocycles. The monoisotopic (exact) mass is 437 g/mol. The summed E-state index contributed by atoms with van der Waals surface area (Å²) in [6.45, 7) is 10.2. The quantitative estimate of drug-likeness (QED) is 0.595. The lowest BCUT2D eigenvalue weighted by molar-refractivity contribution is -0.113. The van der Waals surface area contributed by atoms with Crippen LogP contribution in [0.4, 0.5) is 11.5 Å². The molecule has 170 valence electrons. The van der Waals surface area contributed by atoms with E-state index in [4.69, 9.17) is 5.73 Å². The van der Waals surface area contributed by atoms with Gasteiger partial charge in [0, 0.05) is 31.1 Å². The molecule has 0 aliphatic rings. The topological polar surface area (TPSA) is 102 Å². The molecule has 9 nitrogen and oxygen atoms in total. The molecule has 0 spiro atoms. The molecule has 32 heavy (non-hydrogen) atoms. The number of nitrogens with zero attached hydrogens (tertiary/aromatic N) is 6. The molecule has 0 atom stereocenters. The van der Waals surface area contributed by atoms with Crippen molar-refractivity contribution < 1.29 is 4.79 Å². The molecule has 0 saturated carbocycles. The molecular formula is C23H31N7O2. The maximum absolute atomic E-state index is 13.1. The van der Waals surface area contributed by atoms with Gasteiger partial charge in [-0.3, -0.25) is 9.36 Å². The third kappa shape index (κ3) is 4.94. The van der Waals surface area contributed by atoms with Crippen molar-refractivity contribution in [3.63, 3.8) is 0 Å². The van der Waals surface area contributed by atoms with E-state index in [1.165, 1.54) is 26.4 Å². The summed E-state index contributed by atoms with van der Waals surface area (Å²) in [4.78, 5) is 37.4. The first-order valence-electron chi connectivity index (χ1n) is 10.3. The third-order valence-electron chi connectivity index (χ3n) is 4.57. The normalized spacial score (nSPS) is 11.0. The molecule has 2 heterocycles. The highest BCUT2D eigenvalue weighted by atomic mass is 16.2. The summed E-state index contributed by atoms with van der Waals surface area (Å²) in [5.41, 5.74) is 8.11. The lowest BCUT2D eigenvalue weighted by Gasteiger charge is -2.16. The number of allylic oxidation sites excluding steroid dienone is 1. The number of nitrogens with two attached hydrogens (primary N) is 1. The van der Waals surface area contributed by atoms with Gasteiger partial charge >= 0.3 is 5.69 Å². The zero-order chi connectivity index (χ0) is 24.0. The standard InChI is InChI=1S/C21H25N7O2.C2H6/c1-14(2)27-18-19(22)23-13-24-20(18)28(21(27)30)16-9-6-8-15(12-16)26(5)17(29)10-7-11-25(3)4;1-2/h6-10,12-13H,1,11H2,2-5H3,(H2,22,23,24);1-2H3/b10-7+;. The Bertz CT molecular complexity index is 1200. The van der Waals surface area contributed by atoms with E-state index in [-0.39, 0.29) is 17.4 Å². The van der Waals surface area contributed by atoms with Crippen molar-refractivity contribution in [2.75, 3.05) is 38.3 Å². The Morgan fingerprint density at radius 1 is 1.22 bits per heavy atom. The SMILES string of the molecule is C=C(C)n1c(=O)n(-c2cccc(N(C)C(=O)/C=C/CN(C)C)c2)c2ncnc(N)c21.CC. The van der Waals surface area contributed by atoms with Crippen molar-refractivity contribution in [1.29, 1.82) is 0 Å². The first-order chi connectivity index (χ1) is 15.2. The molecule has 3 rings (SSSR count). The van der Waals surface area contributed by atoms with Crippen molar-refractivity contribution in [2.45, 2.75) is 20.8 Å². The van der Waals surface area contributed by atoms with Gasteiger partial charge in [-0.15, -0.1) is 0 Å². The Morgan fingerprint density at radius 3 is 2.53 bits per heavy atom. The number of hydrogen-bond acceptors (Lipinski definition) is 6. The second-order valence-corrected chi connectivity index (χ2v) is 7.20. The molecule has 0 saturated heterocycles. The predicted octanol–water partition coefficient (Wildman–Crippen LogP) is 2.76. The largest absolute Gasteiger partial charge is 0.382 e. The van der Waals surface area contributed by atoms with Gasteiger partial charge in [0.25, 0.3) is 0 Å². The highest BCUT2D eigenvalue weighted by molar-refractivity contribution is 6.01. The summed E-state index contributed by atoms with van der Waals surface area (Å²) in [6.07, 6.45) is 4.64. The Kier molecular flexibility index (Phi) is 8.09. The van der Waals surface area contributed by atoms with Crippen molar-refractivity contribution in [3.8, 4) is 5.69 Å². The van der Waals surface area contributed by atoms with E-state index in [2.05, 4.69) is 16.5 Å². The smallest absolute Gasteiger partial charge is 0.339 e. The average molecular weight is 438 g/mol. The summed E-state index contributed by atoms with van der Waals surface area (Å²) in [5, 5.41) is 0. The summed E-state index contributed by atoms with van der Waals surface area (Å²) < 4.78 is 2.82. The van der Waals surface area contributed by atoms with Crippen LogP contribution in [0.25, 0.3) is 22.5 Å². The van der Waals surface area contributed by atoms with E-state index < -0.39 is 0 Å². The minimum absolute atomic E-state index is 0.169. The lowest BCUT2D eigenvalue weighted by atomic mass is 10.2.